The van der Waals surface area contributed by atoms with Crippen molar-refractivity contribution in [1.82, 2.24) is 13.6 Å². The van der Waals surface area contributed by atoms with E-state index >= 15 is 0 Å². The first-order valence-corrected chi connectivity index (χ1v) is 7.83. The summed E-state index contributed by atoms with van der Waals surface area (Å²) in [6.07, 6.45) is -3.06. The minimum Gasteiger partial charge on any atom is -0.406 e. The second-order valence-corrected chi connectivity index (χ2v) is 5.67. The van der Waals surface area contributed by atoms with Gasteiger partial charge < -0.3 is 14.5 Å². The van der Waals surface area contributed by atoms with E-state index in [0.717, 1.165) is 29.7 Å². The van der Waals surface area contributed by atoms with Gasteiger partial charge in [-0.05, 0) is 24.3 Å². The summed E-state index contributed by atoms with van der Waals surface area (Å²) in [6, 6.07) is 4.94. The molecule has 2 aromatic rings. The quantitative estimate of drug-likeness (QED) is 0.843. The number of nitrogens with zero attached hydrogens (tertiary/aromatic N) is 4. The molecular weight excluding hydrogens is 345 g/mol. The molecule has 0 unspecified atom stereocenters. The van der Waals surface area contributed by atoms with Gasteiger partial charge in [0, 0.05) is 31.7 Å². The predicted octanol–water partition coefficient (Wildman–Crippen LogP) is 2.40. The topological polar surface area (TPSA) is 58.6 Å². The second kappa shape index (κ2) is 6.63. The Labute approximate surface area is 139 Å². The van der Waals surface area contributed by atoms with Crippen molar-refractivity contribution in [2.45, 2.75) is 6.36 Å². The van der Waals surface area contributed by atoms with Crippen molar-refractivity contribution in [3.8, 4) is 5.75 Å². The molecule has 1 aliphatic heterocycles. The summed E-state index contributed by atoms with van der Waals surface area (Å²) in [5.74, 6) is 0.227. The lowest BCUT2D eigenvalue weighted by Crippen LogP contribution is -2.48. The highest BCUT2D eigenvalue weighted by Crippen LogP contribution is 2.23. The smallest absolute Gasteiger partial charge is 0.406 e. The third-order valence-electron chi connectivity index (χ3n) is 3.58. The number of carbonyl (C=O) groups excluding carboxylic acids is 1. The molecule has 0 atom stereocenters. The van der Waals surface area contributed by atoms with Crippen LogP contribution in [0.15, 0.2) is 30.5 Å². The number of piperazine rings is 1. The van der Waals surface area contributed by atoms with Gasteiger partial charge in [0.15, 0.2) is 5.82 Å². The molecule has 1 aromatic carbocycles. The Hall–Kier alpha value is -2.36. The fourth-order valence-corrected chi connectivity index (χ4v) is 2.85. The maximum absolute atomic E-state index is 12.4. The highest BCUT2D eigenvalue weighted by molar-refractivity contribution is 6.99. The minimum atomic E-state index is -4.74. The van der Waals surface area contributed by atoms with Crippen molar-refractivity contribution in [3.63, 3.8) is 0 Å². The number of hydrogen-bond donors (Lipinski definition) is 0. The molecule has 0 N–H and O–H groups in total. The van der Waals surface area contributed by atoms with Crippen molar-refractivity contribution in [3.05, 3.63) is 36.0 Å². The molecule has 0 aliphatic carbocycles. The average molecular weight is 358 g/mol. The standard InChI is InChI=1S/C14H13F3N4O2S/c15-14(16,17)23-11-3-1-10(2-4-11)13(22)21-7-5-20(6-8-21)12-9-18-24-19-12/h1-4,9H,5-8H2. The SMILES string of the molecule is O=C(c1ccc(OC(F)(F)F)cc1)N1CCN(c2cnsn2)CC1. The Morgan fingerprint density at radius 3 is 2.33 bits per heavy atom. The number of aromatic nitrogens is 2. The Bertz CT molecular complexity index is 683. The van der Waals surface area contributed by atoms with E-state index in [1.807, 2.05) is 4.90 Å². The number of amides is 1. The van der Waals surface area contributed by atoms with Crippen LogP contribution in [0.1, 0.15) is 10.4 Å². The van der Waals surface area contributed by atoms with Crippen LogP contribution in [0.3, 0.4) is 0 Å². The summed E-state index contributed by atoms with van der Waals surface area (Å²) < 4.78 is 48.3. The number of ether oxygens (including phenoxy) is 1. The summed E-state index contributed by atoms with van der Waals surface area (Å²) in [4.78, 5) is 16.1. The van der Waals surface area contributed by atoms with Gasteiger partial charge in [0.2, 0.25) is 0 Å². The Morgan fingerprint density at radius 2 is 1.79 bits per heavy atom. The van der Waals surface area contributed by atoms with Gasteiger partial charge in [-0.3, -0.25) is 4.79 Å². The first kappa shape index (κ1) is 16.5. The van der Waals surface area contributed by atoms with Crippen LogP contribution in [-0.4, -0.2) is 52.1 Å². The molecule has 0 radical (unpaired) electrons. The van der Waals surface area contributed by atoms with Crippen LogP contribution >= 0.6 is 11.7 Å². The Morgan fingerprint density at radius 1 is 1.12 bits per heavy atom. The Kier molecular flexibility index (Phi) is 4.56. The van der Waals surface area contributed by atoms with E-state index in [4.69, 9.17) is 0 Å². The largest absolute Gasteiger partial charge is 0.573 e. The second-order valence-electron chi connectivity index (χ2n) is 5.12. The molecule has 1 saturated heterocycles. The summed E-state index contributed by atoms with van der Waals surface area (Å²) in [5.41, 5.74) is 0.327. The van der Waals surface area contributed by atoms with Crippen molar-refractivity contribution in [2.24, 2.45) is 0 Å². The summed E-state index contributed by atoms with van der Waals surface area (Å²) in [5, 5.41) is 0. The molecule has 1 amide bonds. The Balaban J connectivity index is 1.59. The summed E-state index contributed by atoms with van der Waals surface area (Å²) in [7, 11) is 0. The van der Waals surface area contributed by atoms with Crippen LogP contribution in [0, 0.1) is 0 Å². The number of benzene rings is 1. The van der Waals surface area contributed by atoms with Crippen molar-refractivity contribution >= 4 is 23.5 Å². The van der Waals surface area contributed by atoms with Gasteiger partial charge in [-0.2, -0.15) is 8.75 Å². The third kappa shape index (κ3) is 3.94. The molecule has 0 spiro atoms. The number of carbonyl (C=O) groups is 1. The zero-order valence-electron chi connectivity index (χ0n) is 12.4. The van der Waals surface area contributed by atoms with Crippen LogP contribution < -0.4 is 9.64 Å². The van der Waals surface area contributed by atoms with E-state index in [-0.39, 0.29) is 11.7 Å². The van der Waals surface area contributed by atoms with E-state index in [1.54, 1.807) is 11.1 Å². The van der Waals surface area contributed by atoms with Gasteiger partial charge in [0.05, 0.1) is 17.9 Å². The van der Waals surface area contributed by atoms with Gasteiger partial charge in [-0.25, -0.2) is 0 Å². The van der Waals surface area contributed by atoms with Crippen molar-refractivity contribution < 1.29 is 22.7 Å². The molecule has 6 nitrogen and oxygen atoms in total. The van der Waals surface area contributed by atoms with Crippen molar-refractivity contribution in [2.75, 3.05) is 31.1 Å². The number of rotatable bonds is 3. The van der Waals surface area contributed by atoms with Gasteiger partial charge >= 0.3 is 6.36 Å². The highest BCUT2D eigenvalue weighted by Gasteiger charge is 2.31. The zero-order chi connectivity index (χ0) is 17.2. The fourth-order valence-electron chi connectivity index (χ4n) is 2.42. The third-order valence-corrected chi connectivity index (χ3v) is 4.04. The van der Waals surface area contributed by atoms with E-state index in [9.17, 15) is 18.0 Å². The number of alkyl halides is 3. The number of halogens is 3. The van der Waals surface area contributed by atoms with E-state index < -0.39 is 6.36 Å². The normalized spacial score (nSPS) is 15.5. The van der Waals surface area contributed by atoms with Crippen LogP contribution in [0.25, 0.3) is 0 Å². The lowest BCUT2D eigenvalue weighted by molar-refractivity contribution is -0.274. The van der Waals surface area contributed by atoms with E-state index in [2.05, 4.69) is 13.5 Å². The fraction of sp³-hybridized carbons (Fsp3) is 0.357. The molecule has 24 heavy (non-hydrogen) atoms. The van der Waals surface area contributed by atoms with Gasteiger partial charge in [0.1, 0.15) is 5.75 Å². The van der Waals surface area contributed by atoms with Gasteiger partial charge in [0.25, 0.3) is 5.91 Å². The molecule has 0 bridgehead atoms. The molecule has 1 aliphatic rings. The molecule has 2 heterocycles. The minimum absolute atomic E-state index is 0.218. The monoisotopic (exact) mass is 358 g/mol. The van der Waals surface area contributed by atoms with E-state index in [0.29, 0.717) is 31.7 Å². The van der Waals surface area contributed by atoms with Crippen LogP contribution in [0.4, 0.5) is 19.0 Å². The van der Waals surface area contributed by atoms with Crippen LogP contribution in [0.2, 0.25) is 0 Å². The average Bonchev–Trinajstić information content (AvgIpc) is 3.08. The number of anilines is 1. The zero-order valence-corrected chi connectivity index (χ0v) is 13.2. The highest BCUT2D eigenvalue weighted by atomic mass is 32.1. The maximum atomic E-state index is 12.4. The number of hydrogen-bond acceptors (Lipinski definition) is 6. The van der Waals surface area contributed by atoms with Gasteiger partial charge in [-0.1, -0.05) is 0 Å². The lowest BCUT2D eigenvalue weighted by atomic mass is 10.1. The van der Waals surface area contributed by atoms with Gasteiger partial charge in [-0.15, -0.1) is 13.2 Å². The van der Waals surface area contributed by atoms with Crippen LogP contribution in [-0.2, 0) is 0 Å². The first-order chi connectivity index (χ1) is 11.4. The molecule has 3 rings (SSSR count). The molecule has 128 valence electrons. The van der Waals surface area contributed by atoms with Crippen LogP contribution in [0.5, 0.6) is 5.75 Å². The maximum Gasteiger partial charge on any atom is 0.573 e. The summed E-state index contributed by atoms with van der Waals surface area (Å²) >= 11 is 1.13. The molecular formula is C14H13F3N4O2S. The predicted molar refractivity (Wildman–Crippen MR) is 81.2 cm³/mol. The first-order valence-electron chi connectivity index (χ1n) is 7.10. The van der Waals surface area contributed by atoms with E-state index in [1.165, 1.54) is 12.1 Å². The molecule has 0 saturated carbocycles. The molecule has 10 heteroatoms. The van der Waals surface area contributed by atoms with Crippen molar-refractivity contribution in [1.29, 1.82) is 0 Å². The summed E-state index contributed by atoms with van der Waals surface area (Å²) in [6.45, 7) is 2.28. The molecule has 1 aromatic heterocycles. The lowest BCUT2D eigenvalue weighted by Gasteiger charge is -2.34. The molecule has 1 fully saturated rings.